The van der Waals surface area contributed by atoms with Crippen LogP contribution >= 0.6 is 0 Å². The zero-order valence-electron chi connectivity index (χ0n) is 14.9. The fourth-order valence-corrected chi connectivity index (χ4v) is 3.91. The molecular weight excluding hydrogens is 339 g/mol. The summed E-state index contributed by atoms with van der Waals surface area (Å²) in [5.74, 6) is 0.378. The Morgan fingerprint density at radius 3 is 2.50 bits per heavy atom. The number of fused-ring (bicyclic) bond motifs is 2. The number of ether oxygens (including phenoxy) is 2. The normalized spacial score (nSPS) is 27.7. The van der Waals surface area contributed by atoms with Crippen LogP contribution in [0, 0.1) is 0 Å². The number of nitrogens with zero attached hydrogens (tertiary/aromatic N) is 2. The van der Waals surface area contributed by atoms with E-state index in [-0.39, 0.29) is 29.3 Å². The number of hydrogen-bond acceptors (Lipinski definition) is 7. The molecule has 2 aliphatic heterocycles. The van der Waals surface area contributed by atoms with Crippen LogP contribution in [-0.4, -0.2) is 62.4 Å². The van der Waals surface area contributed by atoms with Gasteiger partial charge in [-0.05, 0) is 11.5 Å². The van der Waals surface area contributed by atoms with E-state index in [0.29, 0.717) is 29.0 Å². The number of carbonyl (C=O) groups is 2. The lowest BCUT2D eigenvalue weighted by Gasteiger charge is -2.51. The topological polar surface area (TPSA) is 84.0 Å². The number of pyridine rings is 1. The lowest BCUT2D eigenvalue weighted by atomic mass is 9.59. The molecule has 1 aromatic carbocycles. The number of carbonyl (C=O) groups excluding carboxylic acids is 2. The van der Waals surface area contributed by atoms with Crippen LogP contribution in [0.25, 0.3) is 10.9 Å². The van der Waals surface area contributed by atoms with Gasteiger partial charge in [-0.3, -0.25) is 14.6 Å². The Kier molecular flexibility index (Phi) is 3.59. The standard InChI is InChI=1S/C17H19BN2O6/c1-20-5-4-16(21)25-18(20,26-17(22)10-20)12-6-11-7-14(23-2)15(24-3)8-13(11)19-9-12/h6-9H,4-5,10H2,1-3H3. The van der Waals surface area contributed by atoms with Gasteiger partial charge in [0.15, 0.2) is 11.5 Å². The van der Waals surface area contributed by atoms with Gasteiger partial charge in [-0.2, -0.15) is 0 Å². The molecule has 0 spiro atoms. The van der Waals surface area contributed by atoms with E-state index in [1.807, 2.05) is 13.1 Å². The predicted octanol–water partition coefficient (Wildman–Crippen LogP) is 0.348. The lowest BCUT2D eigenvalue weighted by molar-refractivity contribution is -0.811. The molecule has 2 unspecified atom stereocenters. The quantitative estimate of drug-likeness (QED) is 0.732. The summed E-state index contributed by atoms with van der Waals surface area (Å²) in [6.07, 6.45) is 1.85. The number of likely N-dealkylation sites (N-methyl/N-ethyl adjacent to an activating group) is 1. The molecule has 2 aliphatic rings. The van der Waals surface area contributed by atoms with Crippen molar-refractivity contribution in [3.05, 3.63) is 24.4 Å². The van der Waals surface area contributed by atoms with Crippen LogP contribution in [0.15, 0.2) is 24.4 Å². The summed E-state index contributed by atoms with van der Waals surface area (Å²) in [7, 11) is 4.98. The largest absolute Gasteiger partial charge is 0.615 e. The third-order valence-electron chi connectivity index (χ3n) is 5.35. The van der Waals surface area contributed by atoms with Gasteiger partial charge < -0.3 is 23.2 Å². The van der Waals surface area contributed by atoms with Gasteiger partial charge in [-0.15, -0.1) is 0 Å². The first-order chi connectivity index (χ1) is 12.4. The molecular formula is C17H19BN2O6. The average molecular weight is 358 g/mol. The van der Waals surface area contributed by atoms with Gasteiger partial charge >= 0.3 is 12.7 Å². The second-order valence-electron chi connectivity index (χ2n) is 6.93. The molecule has 1 aromatic heterocycles. The summed E-state index contributed by atoms with van der Waals surface area (Å²) in [6.45, 7) is -1.68. The highest BCUT2D eigenvalue weighted by Crippen LogP contribution is 2.34. The van der Waals surface area contributed by atoms with Crippen LogP contribution in [-0.2, 0) is 18.9 Å². The van der Waals surface area contributed by atoms with Crippen molar-refractivity contribution >= 4 is 35.0 Å². The van der Waals surface area contributed by atoms with E-state index in [1.54, 1.807) is 32.5 Å². The number of rotatable bonds is 3. The maximum Gasteiger partial charge on any atom is 0.615 e. The number of methoxy groups -OCH3 is 2. The molecule has 26 heavy (non-hydrogen) atoms. The molecule has 3 heterocycles. The summed E-state index contributed by atoms with van der Waals surface area (Å²) in [5.41, 5.74) is 1.27. The van der Waals surface area contributed by atoms with Gasteiger partial charge in [0.2, 0.25) is 0 Å². The zero-order chi connectivity index (χ0) is 18.5. The second-order valence-corrected chi connectivity index (χ2v) is 6.93. The van der Waals surface area contributed by atoms with E-state index in [4.69, 9.17) is 18.8 Å². The van der Waals surface area contributed by atoms with E-state index in [2.05, 4.69) is 4.98 Å². The Bertz CT molecular complexity index is 935. The van der Waals surface area contributed by atoms with Crippen molar-refractivity contribution < 1.29 is 32.8 Å². The van der Waals surface area contributed by atoms with Crippen LogP contribution in [0.3, 0.4) is 0 Å². The number of benzene rings is 1. The molecule has 0 amide bonds. The number of aromatic nitrogens is 1. The first-order valence-electron chi connectivity index (χ1n) is 8.35. The minimum atomic E-state index is -2.33. The Balaban J connectivity index is 1.89. The Hall–Kier alpha value is -2.81. The highest BCUT2D eigenvalue weighted by atomic mass is 16.7. The maximum absolute atomic E-state index is 12.1. The smallest absolute Gasteiger partial charge is 0.600 e. The van der Waals surface area contributed by atoms with E-state index < -0.39 is 6.69 Å². The molecule has 0 aliphatic carbocycles. The summed E-state index contributed by atoms with van der Waals surface area (Å²) in [4.78, 5) is 28.6. The van der Waals surface area contributed by atoms with Crippen LogP contribution in [0.5, 0.6) is 11.5 Å². The van der Waals surface area contributed by atoms with Crippen LogP contribution in [0.2, 0.25) is 0 Å². The molecule has 0 bridgehead atoms. The van der Waals surface area contributed by atoms with E-state index >= 15 is 0 Å². The number of quaternary nitrogens is 1. The van der Waals surface area contributed by atoms with Crippen molar-refractivity contribution in [1.82, 2.24) is 4.98 Å². The summed E-state index contributed by atoms with van der Waals surface area (Å²) in [5, 5.41) is 0.771. The van der Waals surface area contributed by atoms with E-state index in [1.165, 1.54) is 0 Å². The van der Waals surface area contributed by atoms with Crippen molar-refractivity contribution in [1.29, 1.82) is 0 Å². The summed E-state index contributed by atoms with van der Waals surface area (Å²) in [6, 6.07) is 5.39. The Morgan fingerprint density at radius 2 is 1.77 bits per heavy atom. The molecule has 2 atom stereocenters. The molecule has 0 saturated carbocycles. The van der Waals surface area contributed by atoms with E-state index in [0.717, 1.165) is 5.39 Å². The fraction of sp³-hybridized carbons (Fsp3) is 0.353. The predicted molar refractivity (Wildman–Crippen MR) is 93.0 cm³/mol. The van der Waals surface area contributed by atoms with Gasteiger partial charge in [0.1, 0.15) is 6.54 Å². The first kappa shape index (κ1) is 16.7. The fourth-order valence-electron chi connectivity index (χ4n) is 3.91. The molecule has 136 valence electrons. The van der Waals surface area contributed by atoms with Crippen molar-refractivity contribution in [2.75, 3.05) is 34.4 Å². The monoisotopic (exact) mass is 358 g/mol. The van der Waals surface area contributed by atoms with Crippen molar-refractivity contribution in [3.8, 4) is 11.5 Å². The third-order valence-corrected chi connectivity index (χ3v) is 5.35. The van der Waals surface area contributed by atoms with Crippen LogP contribution < -0.4 is 14.9 Å². The highest BCUT2D eigenvalue weighted by Gasteiger charge is 2.63. The van der Waals surface area contributed by atoms with E-state index in [9.17, 15) is 9.59 Å². The molecule has 4 rings (SSSR count). The Morgan fingerprint density at radius 1 is 1.08 bits per heavy atom. The van der Waals surface area contributed by atoms with Gasteiger partial charge in [0.05, 0.1) is 32.7 Å². The van der Waals surface area contributed by atoms with Crippen molar-refractivity contribution in [2.45, 2.75) is 6.42 Å². The highest BCUT2D eigenvalue weighted by molar-refractivity contribution is 6.78. The van der Waals surface area contributed by atoms with Crippen LogP contribution in [0.1, 0.15) is 6.42 Å². The maximum atomic E-state index is 12.1. The van der Waals surface area contributed by atoms with Gasteiger partial charge in [-0.25, -0.2) is 0 Å². The molecule has 8 nitrogen and oxygen atoms in total. The molecule has 0 radical (unpaired) electrons. The molecule has 9 heteroatoms. The van der Waals surface area contributed by atoms with Crippen molar-refractivity contribution in [2.24, 2.45) is 0 Å². The minimum absolute atomic E-state index is 0.164. The van der Waals surface area contributed by atoms with Crippen molar-refractivity contribution in [3.63, 3.8) is 0 Å². The molecule has 0 N–H and O–H groups in total. The third kappa shape index (κ3) is 2.23. The second kappa shape index (κ2) is 5.60. The molecule has 2 fully saturated rings. The van der Waals surface area contributed by atoms with Gasteiger partial charge in [0, 0.05) is 24.7 Å². The zero-order valence-corrected chi connectivity index (χ0v) is 14.9. The lowest BCUT2D eigenvalue weighted by Crippen LogP contribution is -2.75. The SMILES string of the molecule is COc1cc2cc([B-]34OC(=O)CC[N+]3(C)CC(=O)O4)cnc2cc1OC. The summed E-state index contributed by atoms with van der Waals surface area (Å²) >= 11 is 0. The van der Waals surface area contributed by atoms with Crippen LogP contribution in [0.4, 0.5) is 0 Å². The van der Waals surface area contributed by atoms with Gasteiger partial charge in [-0.1, -0.05) is 6.07 Å². The first-order valence-corrected chi connectivity index (χ1v) is 8.35. The number of hydrogen-bond donors (Lipinski definition) is 0. The summed E-state index contributed by atoms with van der Waals surface area (Å²) < 4.78 is 22.1. The van der Waals surface area contributed by atoms with Gasteiger partial charge in [0.25, 0.3) is 5.97 Å². The Labute approximate surface area is 150 Å². The molecule has 2 saturated heterocycles. The minimum Gasteiger partial charge on any atom is -0.600 e. The average Bonchev–Trinajstić information content (AvgIpc) is 2.90. The molecule has 2 aromatic rings.